The van der Waals surface area contributed by atoms with E-state index in [1.54, 1.807) is 6.07 Å². The van der Waals surface area contributed by atoms with Gasteiger partial charge in [-0.1, -0.05) is 29.8 Å². The molecule has 0 amide bonds. The predicted octanol–water partition coefficient (Wildman–Crippen LogP) is 3.73. The summed E-state index contributed by atoms with van der Waals surface area (Å²) in [6.45, 7) is 4.30. The molecular weight excluding hydrogens is 241 g/mol. The summed E-state index contributed by atoms with van der Waals surface area (Å²) in [5, 5.41) is 0. The molecule has 1 atom stereocenters. The van der Waals surface area contributed by atoms with Crippen LogP contribution in [-0.2, 0) is 6.61 Å². The number of rotatable bonds is 4. The Morgan fingerprint density at radius 2 is 2.00 bits per heavy atom. The first-order chi connectivity index (χ1) is 9.06. The van der Waals surface area contributed by atoms with Crippen molar-refractivity contribution in [3.8, 4) is 5.75 Å². The number of hydrogen-bond acceptors (Lipinski definition) is 2. The highest BCUT2D eigenvalue weighted by Gasteiger charge is 2.09. The molecule has 2 rings (SSSR count). The van der Waals surface area contributed by atoms with E-state index in [1.807, 2.05) is 32.0 Å². The fraction of sp³-hybridized carbons (Fsp3) is 0.250. The second kappa shape index (κ2) is 5.85. The molecule has 0 bridgehead atoms. The van der Waals surface area contributed by atoms with Crippen LogP contribution in [0.5, 0.6) is 5.75 Å². The van der Waals surface area contributed by atoms with Gasteiger partial charge in [-0.15, -0.1) is 0 Å². The molecule has 0 heterocycles. The summed E-state index contributed by atoms with van der Waals surface area (Å²) in [6, 6.07) is 12.3. The van der Waals surface area contributed by atoms with Crippen LogP contribution in [0.3, 0.4) is 0 Å². The summed E-state index contributed by atoms with van der Waals surface area (Å²) in [7, 11) is 0. The first-order valence-electron chi connectivity index (χ1n) is 6.29. The van der Waals surface area contributed by atoms with Crippen LogP contribution >= 0.6 is 0 Å². The van der Waals surface area contributed by atoms with E-state index in [0.717, 1.165) is 5.56 Å². The summed E-state index contributed by atoms with van der Waals surface area (Å²) in [5.74, 6) is 0.341. The SMILES string of the molecule is Cc1cccc(COc2ccc(F)cc2[C@@H](C)N)c1. The third-order valence-corrected chi connectivity index (χ3v) is 2.94. The highest BCUT2D eigenvalue weighted by molar-refractivity contribution is 5.36. The van der Waals surface area contributed by atoms with E-state index in [1.165, 1.54) is 17.7 Å². The van der Waals surface area contributed by atoms with Gasteiger partial charge in [-0.25, -0.2) is 4.39 Å². The predicted molar refractivity (Wildman–Crippen MR) is 74.5 cm³/mol. The number of aryl methyl sites for hydroxylation is 1. The molecule has 0 aliphatic carbocycles. The van der Waals surface area contributed by atoms with Crippen molar-refractivity contribution < 1.29 is 9.13 Å². The standard InChI is InChI=1S/C16H18FNO/c1-11-4-3-5-13(8-11)10-19-16-7-6-14(17)9-15(16)12(2)18/h3-9,12H,10,18H2,1-2H3/t12-/m1/s1. The third kappa shape index (κ3) is 3.55. The first-order valence-corrected chi connectivity index (χ1v) is 6.29. The Kier molecular flexibility index (Phi) is 4.17. The van der Waals surface area contributed by atoms with E-state index in [2.05, 4.69) is 6.07 Å². The fourth-order valence-electron chi connectivity index (χ4n) is 1.97. The zero-order valence-electron chi connectivity index (χ0n) is 11.2. The molecule has 0 aromatic heterocycles. The monoisotopic (exact) mass is 259 g/mol. The van der Waals surface area contributed by atoms with Gasteiger partial charge in [-0.3, -0.25) is 0 Å². The summed E-state index contributed by atoms with van der Waals surface area (Å²) in [6.07, 6.45) is 0. The van der Waals surface area contributed by atoms with Crippen molar-refractivity contribution in [1.29, 1.82) is 0 Å². The van der Waals surface area contributed by atoms with Crippen LogP contribution in [0.4, 0.5) is 4.39 Å². The van der Waals surface area contributed by atoms with Gasteiger partial charge in [0, 0.05) is 11.6 Å². The Balaban J connectivity index is 2.15. The molecule has 0 saturated carbocycles. The maximum Gasteiger partial charge on any atom is 0.124 e. The van der Waals surface area contributed by atoms with Crippen molar-refractivity contribution in [2.45, 2.75) is 26.5 Å². The number of ether oxygens (including phenoxy) is 1. The zero-order chi connectivity index (χ0) is 13.8. The lowest BCUT2D eigenvalue weighted by molar-refractivity contribution is 0.301. The van der Waals surface area contributed by atoms with Crippen molar-refractivity contribution in [3.05, 3.63) is 65.0 Å². The molecule has 0 aliphatic heterocycles. The maximum atomic E-state index is 13.2. The van der Waals surface area contributed by atoms with Gasteiger partial charge in [0.1, 0.15) is 18.2 Å². The van der Waals surface area contributed by atoms with Gasteiger partial charge in [0.2, 0.25) is 0 Å². The van der Waals surface area contributed by atoms with Gasteiger partial charge in [-0.2, -0.15) is 0 Å². The Hall–Kier alpha value is -1.87. The van der Waals surface area contributed by atoms with E-state index in [0.29, 0.717) is 17.9 Å². The van der Waals surface area contributed by atoms with Crippen LogP contribution in [0.25, 0.3) is 0 Å². The Morgan fingerprint density at radius 3 is 2.68 bits per heavy atom. The average molecular weight is 259 g/mol. The van der Waals surface area contributed by atoms with Crippen molar-refractivity contribution in [1.82, 2.24) is 0 Å². The number of nitrogens with two attached hydrogens (primary N) is 1. The van der Waals surface area contributed by atoms with E-state index in [4.69, 9.17) is 10.5 Å². The second-order valence-corrected chi connectivity index (χ2v) is 4.75. The molecular formula is C16H18FNO. The molecule has 0 radical (unpaired) electrons. The molecule has 0 spiro atoms. The lowest BCUT2D eigenvalue weighted by Crippen LogP contribution is -2.08. The second-order valence-electron chi connectivity index (χ2n) is 4.75. The Bertz CT molecular complexity index is 566. The minimum absolute atomic E-state index is 0.261. The molecule has 0 saturated heterocycles. The lowest BCUT2D eigenvalue weighted by atomic mass is 10.1. The van der Waals surface area contributed by atoms with Crippen molar-refractivity contribution in [2.24, 2.45) is 5.73 Å². The lowest BCUT2D eigenvalue weighted by Gasteiger charge is -2.14. The minimum Gasteiger partial charge on any atom is -0.489 e. The van der Waals surface area contributed by atoms with Crippen LogP contribution in [0, 0.1) is 12.7 Å². The minimum atomic E-state index is -0.296. The largest absolute Gasteiger partial charge is 0.489 e. The third-order valence-electron chi connectivity index (χ3n) is 2.94. The summed E-state index contributed by atoms with van der Waals surface area (Å²) < 4.78 is 19.0. The van der Waals surface area contributed by atoms with Gasteiger partial charge < -0.3 is 10.5 Å². The molecule has 2 aromatic rings. The molecule has 3 heteroatoms. The van der Waals surface area contributed by atoms with Crippen LogP contribution in [0.15, 0.2) is 42.5 Å². The number of benzene rings is 2. The highest BCUT2D eigenvalue weighted by Crippen LogP contribution is 2.25. The molecule has 0 unspecified atom stereocenters. The van der Waals surface area contributed by atoms with E-state index in [9.17, 15) is 4.39 Å². The molecule has 100 valence electrons. The summed E-state index contributed by atoms with van der Waals surface area (Å²) in [4.78, 5) is 0. The van der Waals surface area contributed by atoms with Gasteiger partial charge in [0.05, 0.1) is 0 Å². The molecule has 0 aliphatic rings. The highest BCUT2D eigenvalue weighted by atomic mass is 19.1. The molecule has 19 heavy (non-hydrogen) atoms. The normalized spacial score (nSPS) is 12.2. The van der Waals surface area contributed by atoms with Crippen LogP contribution in [0.1, 0.15) is 29.7 Å². The Morgan fingerprint density at radius 1 is 1.21 bits per heavy atom. The van der Waals surface area contributed by atoms with Crippen molar-refractivity contribution >= 4 is 0 Å². The van der Waals surface area contributed by atoms with E-state index >= 15 is 0 Å². The van der Waals surface area contributed by atoms with E-state index < -0.39 is 0 Å². The summed E-state index contributed by atoms with van der Waals surface area (Å²) in [5.41, 5.74) is 8.79. The maximum absolute atomic E-state index is 13.2. The summed E-state index contributed by atoms with van der Waals surface area (Å²) >= 11 is 0. The van der Waals surface area contributed by atoms with Gasteiger partial charge >= 0.3 is 0 Å². The first kappa shape index (κ1) is 13.6. The molecule has 2 aromatic carbocycles. The average Bonchev–Trinajstić information content (AvgIpc) is 2.37. The zero-order valence-corrected chi connectivity index (χ0v) is 11.2. The quantitative estimate of drug-likeness (QED) is 0.908. The van der Waals surface area contributed by atoms with Crippen LogP contribution in [-0.4, -0.2) is 0 Å². The van der Waals surface area contributed by atoms with Crippen molar-refractivity contribution in [2.75, 3.05) is 0 Å². The fourth-order valence-corrected chi connectivity index (χ4v) is 1.97. The van der Waals surface area contributed by atoms with Crippen molar-refractivity contribution in [3.63, 3.8) is 0 Å². The van der Waals surface area contributed by atoms with Crippen LogP contribution < -0.4 is 10.5 Å². The molecule has 0 fully saturated rings. The molecule has 2 nitrogen and oxygen atoms in total. The molecule has 2 N–H and O–H groups in total. The van der Waals surface area contributed by atoms with Gasteiger partial charge in [-0.05, 0) is 37.6 Å². The van der Waals surface area contributed by atoms with Gasteiger partial charge in [0.25, 0.3) is 0 Å². The number of halogens is 1. The van der Waals surface area contributed by atoms with Gasteiger partial charge in [0.15, 0.2) is 0 Å². The van der Waals surface area contributed by atoms with E-state index in [-0.39, 0.29) is 11.9 Å². The Labute approximate surface area is 113 Å². The topological polar surface area (TPSA) is 35.2 Å². The number of hydrogen-bond donors (Lipinski definition) is 1. The van der Waals surface area contributed by atoms with Crippen LogP contribution in [0.2, 0.25) is 0 Å². The smallest absolute Gasteiger partial charge is 0.124 e.